The van der Waals surface area contributed by atoms with Crippen LogP contribution >= 0.6 is 31.9 Å². The van der Waals surface area contributed by atoms with Gasteiger partial charge in [-0.05, 0) is 34.1 Å². The summed E-state index contributed by atoms with van der Waals surface area (Å²) in [6.07, 6.45) is 1.44. The average Bonchev–Trinajstić information content (AvgIpc) is 2.74. The highest BCUT2D eigenvalue weighted by Gasteiger charge is 2.13. The van der Waals surface area contributed by atoms with Gasteiger partial charge in [-0.15, -0.1) is 0 Å². The molecule has 4 nitrogen and oxygen atoms in total. The minimum atomic E-state index is -0.254. The van der Waals surface area contributed by atoms with Crippen LogP contribution in [0, 0.1) is 0 Å². The minimum Gasteiger partial charge on any atom is -0.497 e. The Kier molecular flexibility index (Phi) is 4.08. The van der Waals surface area contributed by atoms with Crippen molar-refractivity contribution in [1.29, 1.82) is 0 Å². The minimum absolute atomic E-state index is 0.254. The molecule has 0 fully saturated rings. The maximum Gasteiger partial charge on any atom is 0.260 e. The smallest absolute Gasteiger partial charge is 0.260 e. The van der Waals surface area contributed by atoms with Gasteiger partial charge >= 0.3 is 0 Å². The van der Waals surface area contributed by atoms with Crippen LogP contribution in [0.15, 0.2) is 44.1 Å². The standard InChI is InChI=1S/C12H9Br2NO3/c1-17-9-5-7(13)4-8(6-9)15-12(16)10-2-3-18-11(10)14/h2-6H,1H3,(H,15,16). The zero-order chi connectivity index (χ0) is 13.1. The molecule has 94 valence electrons. The Bertz CT molecular complexity index is 580. The fourth-order valence-electron chi connectivity index (χ4n) is 1.41. The summed E-state index contributed by atoms with van der Waals surface area (Å²) in [6.45, 7) is 0. The molecule has 1 N–H and O–H groups in total. The highest BCUT2D eigenvalue weighted by Crippen LogP contribution is 2.25. The lowest BCUT2D eigenvalue weighted by Crippen LogP contribution is -2.11. The van der Waals surface area contributed by atoms with Crippen molar-refractivity contribution in [2.75, 3.05) is 12.4 Å². The zero-order valence-electron chi connectivity index (χ0n) is 9.37. The summed E-state index contributed by atoms with van der Waals surface area (Å²) in [6, 6.07) is 6.92. The van der Waals surface area contributed by atoms with Crippen LogP contribution in [0.2, 0.25) is 0 Å². The van der Waals surface area contributed by atoms with E-state index in [1.54, 1.807) is 25.3 Å². The Balaban J connectivity index is 2.22. The largest absolute Gasteiger partial charge is 0.497 e. The Morgan fingerprint density at radius 2 is 2.11 bits per heavy atom. The molecule has 0 saturated heterocycles. The molecule has 2 aromatic rings. The fourth-order valence-corrected chi connectivity index (χ4v) is 2.30. The second-order valence-electron chi connectivity index (χ2n) is 3.44. The molecule has 1 amide bonds. The van der Waals surface area contributed by atoms with E-state index >= 15 is 0 Å². The highest BCUT2D eigenvalue weighted by atomic mass is 79.9. The normalized spacial score (nSPS) is 10.2. The van der Waals surface area contributed by atoms with Gasteiger partial charge in [0.2, 0.25) is 0 Å². The third-order valence-corrected chi connectivity index (χ3v) is 3.30. The van der Waals surface area contributed by atoms with E-state index in [9.17, 15) is 4.79 Å². The summed E-state index contributed by atoms with van der Waals surface area (Å²) in [5, 5.41) is 2.76. The molecule has 1 aromatic heterocycles. The number of anilines is 1. The van der Waals surface area contributed by atoms with Gasteiger partial charge in [-0.2, -0.15) is 0 Å². The topological polar surface area (TPSA) is 51.5 Å². The number of nitrogens with one attached hydrogen (secondary N) is 1. The average molecular weight is 375 g/mol. The van der Waals surface area contributed by atoms with Crippen LogP contribution < -0.4 is 10.1 Å². The quantitative estimate of drug-likeness (QED) is 0.881. The molecule has 6 heteroatoms. The molecule has 0 aliphatic carbocycles. The van der Waals surface area contributed by atoms with E-state index in [0.29, 0.717) is 21.7 Å². The van der Waals surface area contributed by atoms with Crippen LogP contribution in [0.3, 0.4) is 0 Å². The number of halogens is 2. The second-order valence-corrected chi connectivity index (χ2v) is 5.08. The van der Waals surface area contributed by atoms with Crippen molar-refractivity contribution in [3.05, 3.63) is 45.2 Å². The summed E-state index contributed by atoms with van der Waals surface area (Å²) >= 11 is 6.51. The Morgan fingerprint density at radius 3 is 2.72 bits per heavy atom. The first-order valence-electron chi connectivity index (χ1n) is 4.99. The fraction of sp³-hybridized carbons (Fsp3) is 0.0833. The van der Waals surface area contributed by atoms with Crippen molar-refractivity contribution in [3.63, 3.8) is 0 Å². The molecule has 1 aromatic carbocycles. The lowest BCUT2D eigenvalue weighted by Gasteiger charge is -2.07. The lowest BCUT2D eigenvalue weighted by molar-refractivity contribution is 0.102. The predicted octanol–water partition coefficient (Wildman–Crippen LogP) is 4.07. The predicted molar refractivity (Wildman–Crippen MR) is 75.1 cm³/mol. The van der Waals surface area contributed by atoms with E-state index in [1.165, 1.54) is 6.26 Å². The Hall–Kier alpha value is -1.27. The summed E-state index contributed by atoms with van der Waals surface area (Å²) in [5.74, 6) is 0.404. The molecule has 0 aliphatic rings. The second kappa shape index (κ2) is 5.58. The third kappa shape index (κ3) is 2.94. The van der Waals surface area contributed by atoms with Gasteiger partial charge in [-0.25, -0.2) is 0 Å². The number of hydrogen-bond donors (Lipinski definition) is 1. The molecule has 0 unspecified atom stereocenters. The number of carbonyl (C=O) groups excluding carboxylic acids is 1. The van der Waals surface area contributed by atoms with Crippen molar-refractivity contribution in [1.82, 2.24) is 0 Å². The van der Waals surface area contributed by atoms with E-state index in [1.807, 2.05) is 6.07 Å². The molecule has 0 atom stereocenters. The van der Waals surface area contributed by atoms with Gasteiger partial charge in [0.1, 0.15) is 5.75 Å². The summed E-state index contributed by atoms with van der Waals surface area (Å²) in [5.41, 5.74) is 1.08. The molecule has 0 saturated carbocycles. The van der Waals surface area contributed by atoms with Crippen molar-refractivity contribution in [2.24, 2.45) is 0 Å². The first-order valence-corrected chi connectivity index (χ1v) is 6.57. The molecular weight excluding hydrogens is 366 g/mol. The molecule has 1 heterocycles. The van der Waals surface area contributed by atoms with Gasteiger partial charge in [0, 0.05) is 16.2 Å². The summed E-state index contributed by atoms with van der Waals surface area (Å²) < 4.78 is 11.4. The molecule has 0 bridgehead atoms. The van der Waals surface area contributed by atoms with Gasteiger partial charge < -0.3 is 14.5 Å². The number of benzene rings is 1. The first kappa shape index (κ1) is 13.2. The van der Waals surface area contributed by atoms with E-state index in [4.69, 9.17) is 9.15 Å². The van der Waals surface area contributed by atoms with Crippen LogP contribution in [0.1, 0.15) is 10.4 Å². The number of furan rings is 1. The molecule has 0 spiro atoms. The van der Waals surface area contributed by atoms with Crippen LogP contribution in [0.4, 0.5) is 5.69 Å². The van der Waals surface area contributed by atoms with Crippen molar-refractivity contribution in [2.45, 2.75) is 0 Å². The Morgan fingerprint density at radius 1 is 1.33 bits per heavy atom. The molecule has 2 rings (SSSR count). The molecule has 0 radical (unpaired) electrons. The van der Waals surface area contributed by atoms with Crippen molar-refractivity contribution >= 4 is 43.5 Å². The highest BCUT2D eigenvalue weighted by molar-refractivity contribution is 9.10. The summed E-state index contributed by atoms with van der Waals surface area (Å²) in [7, 11) is 1.57. The van der Waals surface area contributed by atoms with Crippen LogP contribution in [0.5, 0.6) is 5.75 Å². The number of carbonyl (C=O) groups is 1. The van der Waals surface area contributed by atoms with E-state index in [2.05, 4.69) is 37.2 Å². The molecular formula is C12H9Br2NO3. The monoisotopic (exact) mass is 373 g/mol. The number of ether oxygens (including phenoxy) is 1. The number of rotatable bonds is 3. The SMILES string of the molecule is COc1cc(Br)cc(NC(=O)c2ccoc2Br)c1. The van der Waals surface area contributed by atoms with E-state index in [-0.39, 0.29) is 5.91 Å². The molecule has 18 heavy (non-hydrogen) atoms. The third-order valence-electron chi connectivity index (χ3n) is 2.23. The van der Waals surface area contributed by atoms with E-state index in [0.717, 1.165) is 4.47 Å². The van der Waals surface area contributed by atoms with Crippen molar-refractivity contribution < 1.29 is 13.9 Å². The zero-order valence-corrected chi connectivity index (χ0v) is 12.5. The van der Waals surface area contributed by atoms with Gasteiger partial charge in [0.15, 0.2) is 4.67 Å². The van der Waals surface area contributed by atoms with Crippen LogP contribution in [-0.4, -0.2) is 13.0 Å². The maximum absolute atomic E-state index is 11.9. The van der Waals surface area contributed by atoms with Crippen LogP contribution in [0.25, 0.3) is 0 Å². The summed E-state index contributed by atoms with van der Waals surface area (Å²) in [4.78, 5) is 11.9. The molecule has 0 aliphatic heterocycles. The van der Waals surface area contributed by atoms with Gasteiger partial charge in [0.25, 0.3) is 5.91 Å². The first-order chi connectivity index (χ1) is 8.60. The van der Waals surface area contributed by atoms with Crippen molar-refractivity contribution in [3.8, 4) is 5.75 Å². The van der Waals surface area contributed by atoms with Gasteiger partial charge in [-0.1, -0.05) is 15.9 Å². The number of hydrogen-bond acceptors (Lipinski definition) is 3. The maximum atomic E-state index is 11.9. The number of amides is 1. The van der Waals surface area contributed by atoms with E-state index < -0.39 is 0 Å². The van der Waals surface area contributed by atoms with Gasteiger partial charge in [0.05, 0.1) is 18.9 Å². The van der Waals surface area contributed by atoms with Crippen LogP contribution in [-0.2, 0) is 0 Å². The lowest BCUT2D eigenvalue weighted by atomic mass is 10.2. The van der Waals surface area contributed by atoms with Gasteiger partial charge in [-0.3, -0.25) is 4.79 Å². The Labute approximate surface area is 121 Å². The number of methoxy groups -OCH3 is 1.